The lowest BCUT2D eigenvalue weighted by atomic mass is 10.2. The van der Waals surface area contributed by atoms with Crippen molar-refractivity contribution in [2.24, 2.45) is 5.73 Å². The Balaban J connectivity index is 0. The van der Waals surface area contributed by atoms with Gasteiger partial charge in [-0.1, -0.05) is 20.3 Å². The Morgan fingerprint density at radius 2 is 1.73 bits per heavy atom. The van der Waals surface area contributed by atoms with E-state index in [0.717, 1.165) is 13.0 Å². The molecular formula is C9H24N2. The van der Waals surface area contributed by atoms with Crippen LogP contribution < -0.4 is 11.1 Å². The number of hydrogen-bond acceptors (Lipinski definition) is 2. The maximum Gasteiger partial charge on any atom is 0.00356 e. The molecule has 0 amide bonds. The normalized spacial score (nSPS) is 11.7. The molecule has 0 aromatic rings. The average molecular weight is 160 g/mol. The molecule has 0 saturated carbocycles. The molecule has 0 spiro atoms. The minimum absolute atomic E-state index is 0.699. The van der Waals surface area contributed by atoms with Gasteiger partial charge >= 0.3 is 0 Å². The second-order valence-corrected chi connectivity index (χ2v) is 2.77. The van der Waals surface area contributed by atoms with Crippen molar-refractivity contribution in [2.45, 2.75) is 46.1 Å². The molecule has 11 heavy (non-hydrogen) atoms. The lowest BCUT2D eigenvalue weighted by Crippen LogP contribution is -2.20. The van der Waals surface area contributed by atoms with Crippen LogP contribution in [0.15, 0.2) is 0 Å². The van der Waals surface area contributed by atoms with E-state index in [9.17, 15) is 0 Å². The molecule has 0 saturated heterocycles. The summed E-state index contributed by atoms with van der Waals surface area (Å²) in [7, 11) is 2.00. The van der Waals surface area contributed by atoms with Gasteiger partial charge in [-0.25, -0.2) is 0 Å². The number of rotatable bonds is 4. The molecule has 3 N–H and O–H groups in total. The highest BCUT2D eigenvalue weighted by molar-refractivity contribution is 4.52. The van der Waals surface area contributed by atoms with Crippen LogP contribution in [0, 0.1) is 0 Å². The molecule has 0 aromatic carbocycles. The lowest BCUT2D eigenvalue weighted by molar-refractivity contribution is 0.557. The van der Waals surface area contributed by atoms with E-state index in [1.165, 1.54) is 12.8 Å². The third-order valence-corrected chi connectivity index (χ3v) is 1.50. The smallest absolute Gasteiger partial charge is 0.00356 e. The van der Waals surface area contributed by atoms with E-state index >= 15 is 0 Å². The summed E-state index contributed by atoms with van der Waals surface area (Å²) in [5, 5.41) is 3.17. The molecule has 1 atom stereocenters. The molecule has 0 rings (SSSR count). The van der Waals surface area contributed by atoms with Crippen molar-refractivity contribution in [3.8, 4) is 0 Å². The van der Waals surface area contributed by atoms with Gasteiger partial charge in [0.1, 0.15) is 0 Å². The van der Waals surface area contributed by atoms with E-state index in [0.29, 0.717) is 6.04 Å². The van der Waals surface area contributed by atoms with Gasteiger partial charge in [0.05, 0.1) is 0 Å². The van der Waals surface area contributed by atoms with E-state index in [4.69, 9.17) is 5.73 Å². The van der Waals surface area contributed by atoms with Gasteiger partial charge in [0.25, 0.3) is 0 Å². The summed E-state index contributed by atoms with van der Waals surface area (Å²) >= 11 is 0. The number of nitrogens with one attached hydrogen (secondary N) is 1. The quantitative estimate of drug-likeness (QED) is 0.657. The van der Waals surface area contributed by atoms with Gasteiger partial charge in [0, 0.05) is 6.04 Å². The first-order chi connectivity index (χ1) is 5.22. The van der Waals surface area contributed by atoms with Gasteiger partial charge in [-0.3, -0.25) is 0 Å². The van der Waals surface area contributed by atoms with Crippen molar-refractivity contribution in [1.29, 1.82) is 0 Å². The second kappa shape index (κ2) is 12.6. The fourth-order valence-electron chi connectivity index (χ4n) is 0.577. The van der Waals surface area contributed by atoms with Crippen molar-refractivity contribution in [2.75, 3.05) is 13.6 Å². The van der Waals surface area contributed by atoms with Crippen molar-refractivity contribution >= 4 is 0 Å². The summed E-state index contributed by atoms with van der Waals surface area (Å²) in [6.07, 6.45) is 3.67. The Morgan fingerprint density at radius 3 is 1.82 bits per heavy atom. The molecule has 0 aromatic heterocycles. The van der Waals surface area contributed by atoms with Crippen LogP contribution in [0.5, 0.6) is 0 Å². The monoisotopic (exact) mass is 160 g/mol. The average Bonchev–Trinajstić information content (AvgIpc) is 2.05. The van der Waals surface area contributed by atoms with Crippen molar-refractivity contribution in [1.82, 2.24) is 5.32 Å². The highest BCUT2D eigenvalue weighted by Gasteiger charge is 1.91. The van der Waals surface area contributed by atoms with Crippen LogP contribution in [0.1, 0.15) is 40.0 Å². The van der Waals surface area contributed by atoms with Gasteiger partial charge in [0.2, 0.25) is 0 Å². The summed E-state index contributed by atoms with van der Waals surface area (Å²) < 4.78 is 0. The van der Waals surface area contributed by atoms with E-state index in [1.54, 1.807) is 0 Å². The molecule has 1 unspecified atom stereocenters. The predicted octanol–water partition coefficient (Wildman–Crippen LogP) is 1.75. The summed E-state index contributed by atoms with van der Waals surface area (Å²) in [6.45, 7) is 7.28. The van der Waals surface area contributed by atoms with E-state index in [1.807, 2.05) is 7.05 Å². The first-order valence-electron chi connectivity index (χ1n) is 4.60. The first kappa shape index (κ1) is 13.5. The molecule has 2 heteroatoms. The van der Waals surface area contributed by atoms with Crippen LogP contribution in [0.2, 0.25) is 0 Å². The summed E-state index contributed by atoms with van der Waals surface area (Å²) in [4.78, 5) is 0. The standard InChI is InChI=1S/C6H15N.C3H9N/c1-4-5-6(2)7-3;1-2-3-4/h6-7H,4-5H2,1-3H3;2-4H2,1H3. The third kappa shape index (κ3) is 17.8. The molecule has 0 fully saturated rings. The van der Waals surface area contributed by atoms with Crippen molar-refractivity contribution in [3.05, 3.63) is 0 Å². The SMILES string of the molecule is CCCC(C)NC.CCCN. The number of hydrogen-bond donors (Lipinski definition) is 2. The van der Waals surface area contributed by atoms with Crippen LogP contribution in [0.3, 0.4) is 0 Å². The number of nitrogens with two attached hydrogens (primary N) is 1. The lowest BCUT2D eigenvalue weighted by Gasteiger charge is -2.05. The maximum absolute atomic E-state index is 5.03. The fraction of sp³-hybridized carbons (Fsp3) is 1.00. The topological polar surface area (TPSA) is 38.0 Å². The highest BCUT2D eigenvalue weighted by Crippen LogP contribution is 1.91. The van der Waals surface area contributed by atoms with Crippen molar-refractivity contribution in [3.63, 3.8) is 0 Å². The molecule has 0 radical (unpaired) electrons. The zero-order valence-corrected chi connectivity index (χ0v) is 8.48. The molecule has 0 heterocycles. The molecule has 0 bridgehead atoms. The Labute approximate surface area is 71.6 Å². The van der Waals surface area contributed by atoms with Crippen LogP contribution in [-0.4, -0.2) is 19.6 Å². The molecule has 0 aliphatic rings. The first-order valence-corrected chi connectivity index (χ1v) is 4.60. The van der Waals surface area contributed by atoms with Crippen LogP contribution in [0.4, 0.5) is 0 Å². The van der Waals surface area contributed by atoms with Crippen molar-refractivity contribution < 1.29 is 0 Å². The van der Waals surface area contributed by atoms with Crippen LogP contribution >= 0.6 is 0 Å². The Kier molecular flexibility index (Phi) is 15.4. The van der Waals surface area contributed by atoms with Gasteiger partial charge in [0.15, 0.2) is 0 Å². The van der Waals surface area contributed by atoms with Crippen LogP contribution in [0.25, 0.3) is 0 Å². The van der Waals surface area contributed by atoms with Crippen LogP contribution in [-0.2, 0) is 0 Å². The largest absolute Gasteiger partial charge is 0.330 e. The third-order valence-electron chi connectivity index (χ3n) is 1.50. The molecule has 0 aliphatic heterocycles. The fourth-order valence-corrected chi connectivity index (χ4v) is 0.577. The van der Waals surface area contributed by atoms with Gasteiger partial charge in [-0.2, -0.15) is 0 Å². The molecule has 70 valence electrons. The maximum atomic E-state index is 5.03. The van der Waals surface area contributed by atoms with Gasteiger partial charge < -0.3 is 11.1 Å². The molecular weight excluding hydrogens is 136 g/mol. The summed E-state index contributed by atoms with van der Waals surface area (Å²) in [6, 6.07) is 0.699. The van der Waals surface area contributed by atoms with E-state index in [-0.39, 0.29) is 0 Å². The molecule has 2 nitrogen and oxygen atoms in total. The summed E-state index contributed by atoms with van der Waals surface area (Å²) in [5.41, 5.74) is 5.03. The minimum atomic E-state index is 0.699. The highest BCUT2D eigenvalue weighted by atomic mass is 14.8. The Hall–Kier alpha value is -0.0800. The molecule has 0 aliphatic carbocycles. The predicted molar refractivity (Wildman–Crippen MR) is 52.8 cm³/mol. The second-order valence-electron chi connectivity index (χ2n) is 2.77. The Morgan fingerprint density at radius 1 is 1.27 bits per heavy atom. The zero-order valence-electron chi connectivity index (χ0n) is 8.48. The van der Waals surface area contributed by atoms with E-state index < -0.39 is 0 Å². The Bertz CT molecular complexity index is 53.5. The van der Waals surface area contributed by atoms with E-state index in [2.05, 4.69) is 26.1 Å². The summed E-state index contributed by atoms with van der Waals surface area (Å²) in [5.74, 6) is 0. The zero-order chi connectivity index (χ0) is 9.11. The van der Waals surface area contributed by atoms with Gasteiger partial charge in [-0.05, 0) is 33.4 Å². The minimum Gasteiger partial charge on any atom is -0.330 e. The van der Waals surface area contributed by atoms with Gasteiger partial charge in [-0.15, -0.1) is 0 Å².